The largest absolute Gasteiger partial charge is 0.484 e. The second kappa shape index (κ2) is 14.4. The van der Waals surface area contributed by atoms with Crippen molar-refractivity contribution in [1.82, 2.24) is 0 Å². The van der Waals surface area contributed by atoms with E-state index >= 15 is 0 Å². The Labute approximate surface area is 276 Å². The normalized spacial score (nSPS) is 41.9. The summed E-state index contributed by atoms with van der Waals surface area (Å²) in [6.07, 6.45) is 0.397. The highest BCUT2D eigenvalue weighted by Gasteiger charge is 2.74. The van der Waals surface area contributed by atoms with Gasteiger partial charge in [0.15, 0.2) is 16.6 Å². The zero-order chi connectivity index (χ0) is 33.3. The first-order valence-corrected chi connectivity index (χ1v) is 36.9. The molecule has 3 aliphatic heterocycles. The van der Waals surface area contributed by atoms with Gasteiger partial charge >= 0.3 is 61.1 Å². The molecule has 44 heavy (non-hydrogen) atoms. The van der Waals surface area contributed by atoms with Crippen LogP contribution in [0.15, 0.2) is 0 Å². The van der Waals surface area contributed by atoms with Crippen LogP contribution in [0.25, 0.3) is 0 Å². The summed E-state index contributed by atoms with van der Waals surface area (Å²) in [7, 11) is -27.2. The van der Waals surface area contributed by atoms with Gasteiger partial charge in [-0.3, -0.25) is 0 Å². The van der Waals surface area contributed by atoms with Gasteiger partial charge in [-0.15, -0.1) is 0 Å². The molecule has 5 unspecified atom stereocenters. The summed E-state index contributed by atoms with van der Waals surface area (Å²) in [5.74, 6) is 0. The van der Waals surface area contributed by atoms with E-state index in [2.05, 4.69) is 47.0 Å². The second-order valence-corrected chi connectivity index (χ2v) is 46.2. The van der Waals surface area contributed by atoms with Crippen molar-refractivity contribution in [1.29, 1.82) is 0 Å². The molecule has 4 bridgehead atoms. The average molecular weight is 781 g/mol. The second-order valence-electron chi connectivity index (χ2n) is 13.2. The Kier molecular flexibility index (Phi) is 13.0. The molecule has 0 aromatic carbocycles. The SMILES string of the molecule is CC[Si](C)(C)O[Si](C)(C)CO[Si]1(CC)O[Si]2(CC)C[Si@]3(CC)O[Si](CC)(O[Si](O)(CC)O[Si](CC)(O3)O[Si@@](CC)(OC)O2)O1. The van der Waals surface area contributed by atoms with Gasteiger partial charge in [-0.05, 0) is 44.3 Å². The van der Waals surface area contributed by atoms with Crippen LogP contribution in [0.4, 0.5) is 0 Å². The molecule has 0 saturated carbocycles. The zero-order valence-corrected chi connectivity index (χ0v) is 38.5. The highest BCUT2D eigenvalue weighted by atomic mass is 28.6. The summed E-state index contributed by atoms with van der Waals surface area (Å²) in [6.45, 7) is 25.1. The van der Waals surface area contributed by atoms with Gasteiger partial charge in [-0.25, -0.2) is 0 Å². The lowest BCUT2D eigenvalue weighted by Crippen LogP contribution is -2.81. The first-order chi connectivity index (χ1) is 20.3. The standard InChI is InChI=1S/C23H60O12Si9/c1-14-36(10,11)27-37(12,13)22-26-42(19-6)29-38(15-2)23-39(16-3)30-43(20-7,34-41(18-5,25-9)28-38)32-40(24,17-4)33-44(21-8,31-39)35-42/h24H,14-23H2,1-13H3/t38?,39-,40?,41-,42?,43?,44?/m0/s1. The Balaban J connectivity index is 2.28. The van der Waals surface area contributed by atoms with E-state index < -0.39 is 77.8 Å². The molecule has 1 N–H and O–H groups in total. The van der Waals surface area contributed by atoms with Crippen LogP contribution in [0.2, 0.25) is 80.2 Å². The van der Waals surface area contributed by atoms with Crippen LogP contribution < -0.4 is 0 Å². The van der Waals surface area contributed by atoms with Crippen LogP contribution in [0.5, 0.6) is 0 Å². The molecular weight excluding hydrogens is 721 g/mol. The lowest BCUT2D eigenvalue weighted by molar-refractivity contribution is 0.0450. The first-order valence-electron chi connectivity index (χ1n) is 16.5. The minimum absolute atomic E-state index is 0.242. The molecule has 3 rings (SSSR count). The van der Waals surface area contributed by atoms with E-state index in [9.17, 15) is 4.80 Å². The van der Waals surface area contributed by atoms with Gasteiger partial charge in [0.25, 0.3) is 0 Å². The van der Waals surface area contributed by atoms with E-state index in [1.54, 1.807) is 7.11 Å². The van der Waals surface area contributed by atoms with E-state index in [4.69, 9.17) is 45.9 Å². The Morgan fingerprint density at radius 1 is 0.568 bits per heavy atom. The molecule has 7 atom stereocenters. The molecule has 0 spiro atoms. The summed E-state index contributed by atoms with van der Waals surface area (Å²) in [4.78, 5) is 12.1. The molecule has 12 nitrogen and oxygen atoms in total. The van der Waals surface area contributed by atoms with Crippen molar-refractivity contribution >= 4 is 77.8 Å². The van der Waals surface area contributed by atoms with Gasteiger partial charge in [0, 0.05) is 43.0 Å². The van der Waals surface area contributed by atoms with E-state index in [0.29, 0.717) is 48.2 Å². The average Bonchev–Trinajstić information content (AvgIpc) is 2.96. The third-order valence-corrected chi connectivity index (χ3v) is 49.0. The van der Waals surface area contributed by atoms with Gasteiger partial charge in [-0.2, -0.15) is 0 Å². The van der Waals surface area contributed by atoms with Gasteiger partial charge in [0.05, 0.1) is 6.23 Å². The Morgan fingerprint density at radius 2 is 1.05 bits per heavy atom. The summed E-state index contributed by atoms with van der Waals surface area (Å²) < 4.78 is 76.7. The molecule has 3 aliphatic rings. The fraction of sp³-hybridized carbons (Fsp3) is 1.00. The molecule has 3 fully saturated rings. The van der Waals surface area contributed by atoms with Crippen LogP contribution in [-0.2, 0) is 45.9 Å². The molecule has 21 heteroatoms. The van der Waals surface area contributed by atoms with Crippen molar-refractivity contribution < 1.29 is 50.7 Å². The highest BCUT2D eigenvalue weighted by Crippen LogP contribution is 2.49. The quantitative estimate of drug-likeness (QED) is 0.206. The zero-order valence-electron chi connectivity index (χ0n) is 29.5. The van der Waals surface area contributed by atoms with Crippen LogP contribution in [0.3, 0.4) is 0 Å². The van der Waals surface area contributed by atoms with Crippen LogP contribution in [0.1, 0.15) is 55.4 Å². The number of hydrogen-bond acceptors (Lipinski definition) is 12. The van der Waals surface area contributed by atoms with Crippen molar-refractivity contribution in [2.45, 2.75) is 136 Å². The molecule has 260 valence electrons. The van der Waals surface area contributed by atoms with Crippen LogP contribution >= 0.6 is 0 Å². The molecule has 3 heterocycles. The molecule has 0 aliphatic carbocycles. The maximum absolute atomic E-state index is 12.1. The molecule has 0 amide bonds. The lowest BCUT2D eigenvalue weighted by atomic mass is 11.0. The minimum atomic E-state index is -3.94. The summed E-state index contributed by atoms with van der Waals surface area (Å²) in [5, 5.41) is 0. The van der Waals surface area contributed by atoms with Crippen LogP contribution in [-0.4, -0.2) is 95.9 Å². The van der Waals surface area contributed by atoms with Gasteiger partial charge in [0.1, 0.15) is 0 Å². The van der Waals surface area contributed by atoms with Gasteiger partial charge in [-0.1, -0.05) is 55.4 Å². The third-order valence-electron chi connectivity index (χ3n) is 8.77. The van der Waals surface area contributed by atoms with Gasteiger partial charge in [0.2, 0.25) is 0 Å². The van der Waals surface area contributed by atoms with Crippen molar-refractivity contribution in [2.24, 2.45) is 0 Å². The van der Waals surface area contributed by atoms with E-state index in [1.165, 1.54) is 0 Å². The highest BCUT2D eigenvalue weighted by molar-refractivity contribution is 7.03. The Bertz CT molecular complexity index is 985. The summed E-state index contributed by atoms with van der Waals surface area (Å²) in [5.41, 5.74) is 0.491. The lowest BCUT2D eigenvalue weighted by Gasteiger charge is -2.58. The van der Waals surface area contributed by atoms with Gasteiger partial charge < -0.3 is 50.7 Å². The van der Waals surface area contributed by atoms with E-state index in [-0.39, 0.29) is 6.04 Å². The van der Waals surface area contributed by atoms with E-state index in [1.807, 2.05) is 34.6 Å². The van der Waals surface area contributed by atoms with Crippen molar-refractivity contribution in [2.75, 3.05) is 13.3 Å². The smallest absolute Gasteiger partial charge is 0.454 e. The molecule has 0 aromatic heterocycles. The summed E-state index contributed by atoms with van der Waals surface area (Å²) in [6, 6.07) is 4.26. The first kappa shape index (κ1) is 39.9. The summed E-state index contributed by atoms with van der Waals surface area (Å²) >= 11 is 0. The van der Waals surface area contributed by atoms with Crippen molar-refractivity contribution in [3.05, 3.63) is 0 Å². The Morgan fingerprint density at radius 3 is 1.45 bits per heavy atom. The minimum Gasteiger partial charge on any atom is -0.454 e. The maximum atomic E-state index is 12.1. The fourth-order valence-electron chi connectivity index (χ4n) is 5.80. The fourth-order valence-corrected chi connectivity index (χ4v) is 57.5. The maximum Gasteiger partial charge on any atom is 0.484 e. The topological polar surface area (TPSA) is 122 Å². The number of fused-ring (bicyclic) bond motifs is 3. The number of hydrogen-bond donors (Lipinski definition) is 1. The molecule has 0 radical (unpaired) electrons. The molecule has 3 saturated heterocycles. The number of rotatable bonds is 14. The predicted octanol–water partition coefficient (Wildman–Crippen LogP) is 6.06. The van der Waals surface area contributed by atoms with E-state index in [0.717, 1.165) is 6.04 Å². The van der Waals surface area contributed by atoms with Crippen molar-refractivity contribution in [3.63, 3.8) is 0 Å². The molecular formula is C23H60O12Si9. The van der Waals surface area contributed by atoms with Crippen molar-refractivity contribution in [3.8, 4) is 0 Å². The predicted molar refractivity (Wildman–Crippen MR) is 189 cm³/mol. The molecule has 0 aromatic rings. The monoisotopic (exact) mass is 780 g/mol. The third kappa shape index (κ3) is 8.60. The van der Waals surface area contributed by atoms with Crippen LogP contribution in [0, 0.1) is 0 Å². The Hall–Kier alpha value is 1.47.